The second-order valence-corrected chi connectivity index (χ2v) is 5.19. The van der Waals surface area contributed by atoms with Gasteiger partial charge in [0.25, 0.3) is 0 Å². The molecule has 0 fully saturated rings. The molecule has 0 amide bonds. The van der Waals surface area contributed by atoms with Crippen LogP contribution in [0.5, 0.6) is 0 Å². The number of aryl methyl sites for hydroxylation is 4. The minimum atomic E-state index is 0.769. The number of nitrogens with zero attached hydrogens (tertiary/aromatic N) is 1. The van der Waals surface area contributed by atoms with E-state index in [1.54, 1.807) is 0 Å². The number of hydrogen-bond acceptors (Lipinski definition) is 1. The van der Waals surface area contributed by atoms with Gasteiger partial charge in [-0.25, -0.2) is 0 Å². The van der Waals surface area contributed by atoms with E-state index in [1.165, 1.54) is 34.0 Å². The largest absolute Gasteiger partial charge is 0.347 e. The summed E-state index contributed by atoms with van der Waals surface area (Å²) in [4.78, 5) is 0. The Morgan fingerprint density at radius 1 is 1.17 bits per heavy atom. The van der Waals surface area contributed by atoms with Crippen LogP contribution in [-0.2, 0) is 13.0 Å². The van der Waals surface area contributed by atoms with E-state index >= 15 is 0 Å². The van der Waals surface area contributed by atoms with E-state index in [-0.39, 0.29) is 0 Å². The molecule has 2 N–H and O–H groups in total. The van der Waals surface area contributed by atoms with Crippen molar-refractivity contribution in [3.05, 3.63) is 35.0 Å². The predicted octanol–water partition coefficient (Wildman–Crippen LogP) is 3.56. The zero-order chi connectivity index (χ0) is 13.1. The first-order valence-corrected chi connectivity index (χ1v) is 6.96. The lowest BCUT2D eigenvalue weighted by Crippen LogP contribution is -2.00. The molecule has 0 bridgehead atoms. The maximum absolute atomic E-state index is 5.63. The van der Waals surface area contributed by atoms with Crippen LogP contribution in [0.25, 0.3) is 10.9 Å². The van der Waals surface area contributed by atoms with E-state index in [4.69, 9.17) is 5.73 Å². The Labute approximate surface area is 110 Å². The van der Waals surface area contributed by atoms with Gasteiger partial charge in [0.2, 0.25) is 0 Å². The lowest BCUT2D eigenvalue weighted by atomic mass is 10.0. The molecule has 0 saturated heterocycles. The molecule has 2 aromatic rings. The standard InChI is InChI=1S/C16H24N2/c1-4-8-18-11-14(6-5-7-17)15-9-12(2)13(3)10-16(15)18/h9-11H,4-8,17H2,1-3H3. The van der Waals surface area contributed by atoms with Crippen LogP contribution in [-0.4, -0.2) is 11.1 Å². The highest BCUT2D eigenvalue weighted by atomic mass is 15.0. The van der Waals surface area contributed by atoms with Crippen LogP contribution in [0.15, 0.2) is 18.3 Å². The SMILES string of the molecule is CCCn1cc(CCCN)c2cc(C)c(C)cc21. The minimum absolute atomic E-state index is 0.769. The molecule has 0 unspecified atom stereocenters. The molecule has 98 valence electrons. The summed E-state index contributed by atoms with van der Waals surface area (Å²) in [7, 11) is 0. The van der Waals surface area contributed by atoms with Crippen molar-refractivity contribution in [2.45, 2.75) is 46.6 Å². The summed E-state index contributed by atoms with van der Waals surface area (Å²) in [6.45, 7) is 8.48. The smallest absolute Gasteiger partial charge is 0.0485 e. The normalized spacial score (nSPS) is 11.3. The predicted molar refractivity (Wildman–Crippen MR) is 79.1 cm³/mol. The van der Waals surface area contributed by atoms with Gasteiger partial charge in [-0.1, -0.05) is 6.92 Å². The molecule has 0 saturated carbocycles. The fourth-order valence-corrected chi connectivity index (χ4v) is 2.54. The average molecular weight is 244 g/mol. The summed E-state index contributed by atoms with van der Waals surface area (Å²) in [5.74, 6) is 0. The molecular weight excluding hydrogens is 220 g/mol. The fourth-order valence-electron chi connectivity index (χ4n) is 2.54. The monoisotopic (exact) mass is 244 g/mol. The third kappa shape index (κ3) is 2.44. The molecule has 0 atom stereocenters. The number of nitrogens with two attached hydrogens (primary N) is 1. The van der Waals surface area contributed by atoms with E-state index in [1.807, 2.05) is 0 Å². The number of aromatic nitrogens is 1. The van der Waals surface area contributed by atoms with Gasteiger partial charge in [0.05, 0.1) is 0 Å². The van der Waals surface area contributed by atoms with Crippen LogP contribution in [0.1, 0.15) is 36.5 Å². The Bertz CT molecular complexity index is 538. The highest BCUT2D eigenvalue weighted by Gasteiger charge is 2.09. The third-order valence-electron chi connectivity index (χ3n) is 3.69. The van der Waals surface area contributed by atoms with Crippen LogP contribution in [0.2, 0.25) is 0 Å². The summed E-state index contributed by atoms with van der Waals surface area (Å²) in [5.41, 5.74) is 11.2. The minimum Gasteiger partial charge on any atom is -0.347 e. The zero-order valence-electron chi connectivity index (χ0n) is 11.8. The van der Waals surface area contributed by atoms with Crippen LogP contribution in [0.4, 0.5) is 0 Å². The van der Waals surface area contributed by atoms with Crippen molar-refractivity contribution in [1.29, 1.82) is 0 Å². The highest BCUT2D eigenvalue weighted by Crippen LogP contribution is 2.26. The van der Waals surface area contributed by atoms with Crippen LogP contribution in [0, 0.1) is 13.8 Å². The molecule has 18 heavy (non-hydrogen) atoms. The molecule has 2 heteroatoms. The third-order valence-corrected chi connectivity index (χ3v) is 3.69. The Morgan fingerprint density at radius 3 is 2.56 bits per heavy atom. The summed E-state index contributed by atoms with van der Waals surface area (Å²) in [6, 6.07) is 4.66. The molecule has 0 aliphatic carbocycles. The molecule has 2 nitrogen and oxygen atoms in total. The summed E-state index contributed by atoms with van der Waals surface area (Å²) in [5, 5.41) is 1.42. The van der Waals surface area contributed by atoms with Gasteiger partial charge in [-0.05, 0) is 68.5 Å². The van der Waals surface area contributed by atoms with Gasteiger partial charge < -0.3 is 10.3 Å². The quantitative estimate of drug-likeness (QED) is 0.856. The summed E-state index contributed by atoms with van der Waals surface area (Å²) >= 11 is 0. The van der Waals surface area contributed by atoms with E-state index in [2.05, 4.69) is 43.7 Å². The van der Waals surface area contributed by atoms with Gasteiger partial charge >= 0.3 is 0 Å². The van der Waals surface area contributed by atoms with E-state index in [9.17, 15) is 0 Å². The lowest BCUT2D eigenvalue weighted by Gasteiger charge is -2.05. The first-order valence-electron chi connectivity index (χ1n) is 6.96. The first-order chi connectivity index (χ1) is 8.67. The van der Waals surface area contributed by atoms with Gasteiger partial charge in [0, 0.05) is 23.6 Å². The number of fused-ring (bicyclic) bond motifs is 1. The summed E-state index contributed by atoms with van der Waals surface area (Å²) in [6.07, 6.45) is 5.65. The molecule has 2 rings (SSSR count). The van der Waals surface area contributed by atoms with Crippen molar-refractivity contribution in [2.24, 2.45) is 5.73 Å². The average Bonchev–Trinajstić information content (AvgIpc) is 2.66. The van der Waals surface area contributed by atoms with Crippen molar-refractivity contribution < 1.29 is 0 Å². The maximum Gasteiger partial charge on any atom is 0.0485 e. The Morgan fingerprint density at radius 2 is 1.89 bits per heavy atom. The van der Waals surface area contributed by atoms with Gasteiger partial charge in [-0.15, -0.1) is 0 Å². The van der Waals surface area contributed by atoms with Gasteiger partial charge in [-0.2, -0.15) is 0 Å². The number of rotatable bonds is 5. The van der Waals surface area contributed by atoms with E-state index in [0.29, 0.717) is 0 Å². The second kappa shape index (κ2) is 5.57. The van der Waals surface area contributed by atoms with Gasteiger partial charge in [-0.3, -0.25) is 0 Å². The fraction of sp³-hybridized carbons (Fsp3) is 0.500. The van der Waals surface area contributed by atoms with Crippen molar-refractivity contribution in [2.75, 3.05) is 6.54 Å². The molecule has 1 heterocycles. The second-order valence-electron chi connectivity index (χ2n) is 5.19. The van der Waals surface area contributed by atoms with Crippen molar-refractivity contribution in [1.82, 2.24) is 4.57 Å². The molecule has 1 aromatic carbocycles. The van der Waals surface area contributed by atoms with Crippen molar-refractivity contribution in [3.63, 3.8) is 0 Å². The Hall–Kier alpha value is -1.28. The molecule has 0 spiro atoms. The van der Waals surface area contributed by atoms with Crippen molar-refractivity contribution >= 4 is 10.9 Å². The van der Waals surface area contributed by atoms with Gasteiger partial charge in [0.15, 0.2) is 0 Å². The molecule has 1 aromatic heterocycles. The van der Waals surface area contributed by atoms with Crippen LogP contribution >= 0.6 is 0 Å². The van der Waals surface area contributed by atoms with Gasteiger partial charge in [0.1, 0.15) is 0 Å². The van der Waals surface area contributed by atoms with Crippen LogP contribution in [0.3, 0.4) is 0 Å². The van der Waals surface area contributed by atoms with Crippen LogP contribution < -0.4 is 5.73 Å². The Kier molecular flexibility index (Phi) is 4.07. The summed E-state index contributed by atoms with van der Waals surface area (Å²) < 4.78 is 2.40. The lowest BCUT2D eigenvalue weighted by molar-refractivity contribution is 0.699. The first kappa shape index (κ1) is 13.2. The molecule has 0 aliphatic rings. The molecule has 0 radical (unpaired) electrons. The number of hydrogen-bond donors (Lipinski definition) is 1. The zero-order valence-corrected chi connectivity index (χ0v) is 11.8. The maximum atomic E-state index is 5.63. The van der Waals surface area contributed by atoms with Crippen molar-refractivity contribution in [3.8, 4) is 0 Å². The Balaban J connectivity index is 2.53. The topological polar surface area (TPSA) is 30.9 Å². The molecule has 0 aliphatic heterocycles. The number of benzene rings is 1. The highest BCUT2D eigenvalue weighted by molar-refractivity contribution is 5.85. The molecular formula is C16H24N2. The van der Waals surface area contributed by atoms with E-state index in [0.717, 1.165) is 25.9 Å². The van der Waals surface area contributed by atoms with E-state index < -0.39 is 0 Å².